The molecule has 148 valence electrons. The molecule has 0 radical (unpaired) electrons. The molecule has 1 aliphatic heterocycles. The summed E-state index contributed by atoms with van der Waals surface area (Å²) in [5.74, 6) is -0.00118. The molecule has 7 nitrogen and oxygen atoms in total. The van der Waals surface area contributed by atoms with Gasteiger partial charge >= 0.3 is 6.09 Å². The summed E-state index contributed by atoms with van der Waals surface area (Å²) in [6, 6.07) is 9.43. The molecule has 27 heavy (non-hydrogen) atoms. The number of ether oxygens (including phenoxy) is 1. The molecule has 7 heteroatoms. The molecule has 0 aromatic heterocycles. The summed E-state index contributed by atoms with van der Waals surface area (Å²) in [7, 11) is 0. The molecule has 0 spiro atoms. The Morgan fingerprint density at radius 1 is 0.926 bits per heavy atom. The van der Waals surface area contributed by atoms with Gasteiger partial charge in [-0.3, -0.25) is 9.59 Å². The van der Waals surface area contributed by atoms with E-state index in [1.165, 1.54) is 6.42 Å². The number of hydrogen-bond donors (Lipinski definition) is 2. The Labute approximate surface area is 160 Å². The average Bonchev–Trinajstić information content (AvgIpc) is 2.71. The number of likely N-dealkylation sites (tertiary alicyclic amines) is 1. The summed E-state index contributed by atoms with van der Waals surface area (Å²) in [5, 5.41) is 5.38. The molecular weight excluding hydrogens is 346 g/mol. The molecule has 2 N–H and O–H groups in total. The normalized spacial score (nSPS) is 13.7. The van der Waals surface area contributed by atoms with Crippen LogP contribution < -0.4 is 10.6 Å². The lowest BCUT2D eigenvalue weighted by atomic mass is 10.1. The molecule has 1 aromatic carbocycles. The second kappa shape index (κ2) is 11.9. The maximum Gasteiger partial charge on any atom is 0.407 e. The van der Waals surface area contributed by atoms with Crippen molar-refractivity contribution >= 4 is 17.9 Å². The largest absolute Gasteiger partial charge is 0.445 e. The number of hydrogen-bond acceptors (Lipinski definition) is 4. The predicted molar refractivity (Wildman–Crippen MR) is 102 cm³/mol. The molecule has 1 aliphatic rings. The van der Waals surface area contributed by atoms with Crippen LogP contribution in [0.25, 0.3) is 0 Å². The van der Waals surface area contributed by atoms with Gasteiger partial charge in [0, 0.05) is 39.0 Å². The third-order valence-corrected chi connectivity index (χ3v) is 4.43. The van der Waals surface area contributed by atoms with Gasteiger partial charge in [0.15, 0.2) is 0 Å². The lowest BCUT2D eigenvalue weighted by molar-refractivity contribution is -0.132. The summed E-state index contributed by atoms with van der Waals surface area (Å²) >= 11 is 0. The minimum absolute atomic E-state index is 0.109. The van der Waals surface area contributed by atoms with Gasteiger partial charge in [-0.15, -0.1) is 0 Å². The Bertz CT molecular complexity index is 601. The van der Waals surface area contributed by atoms with Crippen molar-refractivity contribution in [1.29, 1.82) is 0 Å². The van der Waals surface area contributed by atoms with Crippen LogP contribution in [0.1, 0.15) is 44.1 Å². The van der Waals surface area contributed by atoms with Gasteiger partial charge in [-0.25, -0.2) is 4.79 Å². The highest BCUT2D eigenvalue weighted by molar-refractivity contribution is 5.79. The SMILES string of the molecule is O=C(CCCNC(=O)OCc1ccccc1)NCCC(=O)N1CCCCC1. The molecule has 0 unspecified atom stereocenters. The van der Waals surface area contributed by atoms with E-state index in [-0.39, 0.29) is 18.4 Å². The molecular formula is C20H29N3O4. The monoisotopic (exact) mass is 375 g/mol. The zero-order valence-corrected chi connectivity index (χ0v) is 15.7. The Kier molecular flexibility index (Phi) is 9.17. The molecule has 1 aromatic rings. The van der Waals surface area contributed by atoms with E-state index in [2.05, 4.69) is 10.6 Å². The fraction of sp³-hybridized carbons (Fsp3) is 0.550. The summed E-state index contributed by atoms with van der Waals surface area (Å²) in [6.07, 6.45) is 4.00. The smallest absolute Gasteiger partial charge is 0.407 e. The topological polar surface area (TPSA) is 87.7 Å². The molecule has 3 amide bonds. The number of benzene rings is 1. The van der Waals surface area contributed by atoms with E-state index in [9.17, 15) is 14.4 Å². The van der Waals surface area contributed by atoms with Crippen LogP contribution in [0, 0.1) is 0 Å². The maximum atomic E-state index is 12.0. The van der Waals surface area contributed by atoms with Gasteiger partial charge in [0.25, 0.3) is 0 Å². The molecule has 0 atom stereocenters. The van der Waals surface area contributed by atoms with E-state index in [0.29, 0.717) is 32.4 Å². The summed E-state index contributed by atoms with van der Waals surface area (Å²) in [5.41, 5.74) is 0.922. The third-order valence-electron chi connectivity index (χ3n) is 4.43. The summed E-state index contributed by atoms with van der Waals surface area (Å²) in [6.45, 7) is 2.62. The highest BCUT2D eigenvalue weighted by Gasteiger charge is 2.16. The van der Waals surface area contributed by atoms with Gasteiger partial charge in [-0.1, -0.05) is 30.3 Å². The third kappa shape index (κ3) is 8.57. The van der Waals surface area contributed by atoms with Crippen molar-refractivity contribution in [2.75, 3.05) is 26.2 Å². The number of carbonyl (C=O) groups excluding carboxylic acids is 3. The molecule has 1 fully saturated rings. The standard InChI is InChI=1S/C20H29N3O4/c24-18(21-13-11-19(25)23-14-5-2-6-15-23)10-7-12-22-20(26)27-16-17-8-3-1-4-9-17/h1,3-4,8-9H,2,5-7,10-16H2,(H,21,24)(H,22,26). The van der Waals surface area contributed by atoms with Crippen LogP contribution in [0.2, 0.25) is 0 Å². The van der Waals surface area contributed by atoms with Crippen LogP contribution in [-0.4, -0.2) is 49.0 Å². The van der Waals surface area contributed by atoms with Crippen LogP contribution >= 0.6 is 0 Å². The zero-order chi connectivity index (χ0) is 19.3. The number of alkyl carbamates (subject to hydrolysis) is 1. The van der Waals surface area contributed by atoms with Crippen LogP contribution in [-0.2, 0) is 20.9 Å². The van der Waals surface area contributed by atoms with Crippen molar-refractivity contribution in [3.63, 3.8) is 0 Å². The Morgan fingerprint density at radius 3 is 2.41 bits per heavy atom. The van der Waals surface area contributed by atoms with E-state index in [0.717, 1.165) is 31.5 Å². The first kappa shape index (κ1) is 20.7. The molecule has 1 saturated heterocycles. The second-order valence-electron chi connectivity index (χ2n) is 6.63. The van der Waals surface area contributed by atoms with E-state index in [1.54, 1.807) is 0 Å². The van der Waals surface area contributed by atoms with E-state index >= 15 is 0 Å². The van der Waals surface area contributed by atoms with Crippen LogP contribution in [0.3, 0.4) is 0 Å². The Morgan fingerprint density at radius 2 is 1.67 bits per heavy atom. The van der Waals surface area contributed by atoms with Crippen molar-refractivity contribution < 1.29 is 19.1 Å². The molecule has 0 bridgehead atoms. The summed E-state index contributed by atoms with van der Waals surface area (Å²) < 4.78 is 5.09. The summed E-state index contributed by atoms with van der Waals surface area (Å²) in [4.78, 5) is 37.2. The van der Waals surface area contributed by atoms with Gasteiger partial charge in [0.05, 0.1) is 0 Å². The number of carbonyl (C=O) groups is 3. The molecule has 1 heterocycles. The van der Waals surface area contributed by atoms with Crippen molar-refractivity contribution in [3.05, 3.63) is 35.9 Å². The van der Waals surface area contributed by atoms with Gasteiger partial charge in [-0.05, 0) is 31.2 Å². The number of nitrogens with one attached hydrogen (secondary N) is 2. The quantitative estimate of drug-likeness (QED) is 0.648. The number of nitrogens with zero attached hydrogens (tertiary/aromatic N) is 1. The maximum absolute atomic E-state index is 12.0. The van der Waals surface area contributed by atoms with Gasteiger partial charge in [0.1, 0.15) is 6.61 Å². The average molecular weight is 375 g/mol. The number of rotatable bonds is 9. The zero-order valence-electron chi connectivity index (χ0n) is 15.7. The number of amides is 3. The minimum Gasteiger partial charge on any atom is -0.445 e. The minimum atomic E-state index is -0.494. The van der Waals surface area contributed by atoms with Crippen LogP contribution in [0.15, 0.2) is 30.3 Å². The van der Waals surface area contributed by atoms with Crippen LogP contribution in [0.5, 0.6) is 0 Å². The number of piperidine rings is 1. The fourth-order valence-corrected chi connectivity index (χ4v) is 2.91. The predicted octanol–water partition coefficient (Wildman–Crippen LogP) is 2.21. The Hall–Kier alpha value is -2.57. The van der Waals surface area contributed by atoms with Crippen molar-refractivity contribution in [2.24, 2.45) is 0 Å². The second-order valence-corrected chi connectivity index (χ2v) is 6.63. The van der Waals surface area contributed by atoms with Gasteiger partial charge in [-0.2, -0.15) is 0 Å². The van der Waals surface area contributed by atoms with E-state index in [4.69, 9.17) is 4.74 Å². The lowest BCUT2D eigenvalue weighted by Gasteiger charge is -2.26. The Balaban J connectivity index is 1.47. The van der Waals surface area contributed by atoms with Gasteiger partial charge in [0.2, 0.25) is 11.8 Å². The fourth-order valence-electron chi connectivity index (χ4n) is 2.91. The van der Waals surface area contributed by atoms with E-state index in [1.807, 2.05) is 35.2 Å². The molecule has 2 rings (SSSR count). The van der Waals surface area contributed by atoms with Crippen molar-refractivity contribution in [3.8, 4) is 0 Å². The first-order valence-corrected chi connectivity index (χ1v) is 9.64. The highest BCUT2D eigenvalue weighted by Crippen LogP contribution is 2.09. The van der Waals surface area contributed by atoms with Crippen LogP contribution in [0.4, 0.5) is 4.79 Å². The van der Waals surface area contributed by atoms with E-state index < -0.39 is 6.09 Å². The first-order valence-electron chi connectivity index (χ1n) is 9.64. The van der Waals surface area contributed by atoms with Crippen molar-refractivity contribution in [2.45, 2.75) is 45.1 Å². The highest BCUT2D eigenvalue weighted by atomic mass is 16.5. The first-order chi connectivity index (χ1) is 13.1. The lowest BCUT2D eigenvalue weighted by Crippen LogP contribution is -2.37. The molecule has 0 saturated carbocycles. The molecule has 0 aliphatic carbocycles. The van der Waals surface area contributed by atoms with Gasteiger partial charge < -0.3 is 20.3 Å². The van der Waals surface area contributed by atoms with Crippen molar-refractivity contribution in [1.82, 2.24) is 15.5 Å².